The van der Waals surface area contributed by atoms with Crippen molar-refractivity contribution in [1.82, 2.24) is 5.32 Å². The minimum Gasteiger partial charge on any atom is -0.506 e. The average molecular weight is 436 g/mol. The molecule has 1 rings (SSSR count). The van der Waals surface area contributed by atoms with Gasteiger partial charge in [-0.3, -0.25) is 4.79 Å². The Labute approximate surface area is 187 Å². The van der Waals surface area contributed by atoms with Gasteiger partial charge in [-0.25, -0.2) is 4.79 Å². The maximum Gasteiger partial charge on any atom is 0.407 e. The number of alkyl carbamates (subject to hydrolysis) is 1. The Kier molecular flexibility index (Phi) is 9.81. The third-order valence-electron chi connectivity index (χ3n) is 5.26. The number of anilines is 1. The van der Waals surface area contributed by atoms with Gasteiger partial charge in [-0.2, -0.15) is 0 Å². The van der Waals surface area contributed by atoms with Crippen LogP contribution in [0.1, 0.15) is 73.3 Å². The Hall–Kier alpha value is -2.28. The van der Waals surface area contributed by atoms with Gasteiger partial charge < -0.3 is 26.2 Å². The minimum absolute atomic E-state index is 0.00422. The third kappa shape index (κ3) is 10.5. The number of phenolic OH excluding ortho intramolecular Hbond substituents is 1. The smallest absolute Gasteiger partial charge is 0.407 e. The summed E-state index contributed by atoms with van der Waals surface area (Å²) >= 11 is 0. The number of carbonyl (C=O) groups excluding carboxylic acids is 2. The van der Waals surface area contributed by atoms with Gasteiger partial charge >= 0.3 is 6.09 Å². The van der Waals surface area contributed by atoms with Crippen molar-refractivity contribution in [2.24, 2.45) is 17.1 Å². The van der Waals surface area contributed by atoms with E-state index in [2.05, 4.69) is 38.3 Å². The van der Waals surface area contributed by atoms with Crippen LogP contribution in [0.15, 0.2) is 18.2 Å². The molecule has 7 nitrogen and oxygen atoms in total. The first-order valence-corrected chi connectivity index (χ1v) is 11.0. The number of nitrogens with one attached hydrogen (secondary N) is 2. The van der Waals surface area contributed by atoms with E-state index in [1.807, 2.05) is 20.8 Å². The van der Waals surface area contributed by atoms with Crippen molar-refractivity contribution in [3.63, 3.8) is 0 Å². The van der Waals surface area contributed by atoms with E-state index in [9.17, 15) is 14.7 Å². The van der Waals surface area contributed by atoms with Crippen LogP contribution in [0.3, 0.4) is 0 Å². The molecule has 0 bridgehead atoms. The Morgan fingerprint density at radius 2 is 1.81 bits per heavy atom. The van der Waals surface area contributed by atoms with E-state index in [4.69, 9.17) is 10.5 Å². The number of nitrogens with two attached hydrogens (primary N) is 1. The molecule has 0 aliphatic heterocycles. The summed E-state index contributed by atoms with van der Waals surface area (Å²) in [4.78, 5) is 24.5. The van der Waals surface area contributed by atoms with E-state index in [0.717, 1.165) is 12.0 Å². The lowest BCUT2D eigenvalue weighted by molar-refractivity contribution is -0.116. The van der Waals surface area contributed by atoms with E-state index in [0.29, 0.717) is 37.4 Å². The molecule has 0 saturated heterocycles. The molecule has 2 atom stereocenters. The van der Waals surface area contributed by atoms with Crippen molar-refractivity contribution < 1.29 is 19.4 Å². The molecule has 0 aliphatic rings. The van der Waals surface area contributed by atoms with Crippen molar-refractivity contribution in [1.29, 1.82) is 0 Å². The number of phenols is 1. The molecule has 1 aromatic carbocycles. The lowest BCUT2D eigenvalue weighted by Gasteiger charge is -2.32. The number of benzene rings is 1. The van der Waals surface area contributed by atoms with E-state index in [-0.39, 0.29) is 23.1 Å². The molecule has 31 heavy (non-hydrogen) atoms. The topological polar surface area (TPSA) is 114 Å². The number of carbonyl (C=O) groups is 2. The molecule has 1 unspecified atom stereocenters. The summed E-state index contributed by atoms with van der Waals surface area (Å²) in [6.07, 6.45) is 1.74. The molecule has 0 saturated carbocycles. The van der Waals surface area contributed by atoms with E-state index in [1.54, 1.807) is 18.2 Å². The molecular formula is C24H41N3O4. The number of hydrogen-bond acceptors (Lipinski definition) is 5. The molecular weight excluding hydrogens is 394 g/mol. The second kappa shape index (κ2) is 11.4. The highest BCUT2D eigenvalue weighted by Gasteiger charge is 2.26. The third-order valence-corrected chi connectivity index (χ3v) is 5.26. The van der Waals surface area contributed by atoms with Crippen LogP contribution in [0.25, 0.3) is 0 Å². The van der Waals surface area contributed by atoms with Gasteiger partial charge in [-0.15, -0.1) is 0 Å². The quantitative estimate of drug-likeness (QED) is 0.424. The fourth-order valence-corrected chi connectivity index (χ4v) is 3.02. The molecule has 0 heterocycles. The summed E-state index contributed by atoms with van der Waals surface area (Å²) in [5.74, 6) is 0.159. The molecule has 5 N–H and O–H groups in total. The Morgan fingerprint density at radius 3 is 2.35 bits per heavy atom. The zero-order valence-electron chi connectivity index (χ0n) is 20.2. The average Bonchev–Trinajstić information content (AvgIpc) is 2.60. The van der Waals surface area contributed by atoms with E-state index >= 15 is 0 Å². The van der Waals surface area contributed by atoms with Gasteiger partial charge in [0.1, 0.15) is 11.4 Å². The lowest BCUT2D eigenvalue weighted by Crippen LogP contribution is -2.42. The van der Waals surface area contributed by atoms with Gasteiger partial charge in [0.15, 0.2) is 0 Å². The highest BCUT2D eigenvalue weighted by Crippen LogP contribution is 2.31. The predicted octanol–water partition coefficient (Wildman–Crippen LogP) is 4.58. The maximum absolute atomic E-state index is 12.4. The molecule has 2 amide bonds. The summed E-state index contributed by atoms with van der Waals surface area (Å²) in [6, 6.07) is 4.96. The minimum atomic E-state index is -0.580. The largest absolute Gasteiger partial charge is 0.506 e. The summed E-state index contributed by atoms with van der Waals surface area (Å²) in [7, 11) is 0. The lowest BCUT2D eigenvalue weighted by atomic mass is 9.78. The van der Waals surface area contributed by atoms with Gasteiger partial charge in [0.2, 0.25) is 5.91 Å². The monoisotopic (exact) mass is 435 g/mol. The summed E-state index contributed by atoms with van der Waals surface area (Å²) < 4.78 is 5.45. The standard InChI is InChI=1S/C24H41N3O4/c1-16(23(2,3)4)13-18(26-22(30)31-24(5,6)7)14-17-10-11-20(28)19(15-17)27-21(29)9-8-12-25/h10-11,15-16,18,28H,8-9,12-14,25H2,1-7H3,(H,26,30)(H,27,29)/t16?,18-/m1/s1. The number of amides is 2. The van der Waals surface area contributed by atoms with Crippen molar-refractivity contribution in [3.05, 3.63) is 23.8 Å². The van der Waals surface area contributed by atoms with Crippen molar-refractivity contribution in [3.8, 4) is 5.75 Å². The van der Waals surface area contributed by atoms with Gasteiger partial charge in [0, 0.05) is 12.5 Å². The molecule has 176 valence electrons. The summed E-state index contributed by atoms with van der Waals surface area (Å²) in [5, 5.41) is 15.9. The number of aromatic hydroxyl groups is 1. The van der Waals surface area contributed by atoms with Crippen molar-refractivity contribution >= 4 is 17.7 Å². The number of rotatable bonds is 9. The van der Waals surface area contributed by atoms with E-state index in [1.165, 1.54) is 0 Å². The first-order chi connectivity index (χ1) is 14.2. The molecule has 0 spiro atoms. The second-order valence-electron chi connectivity index (χ2n) is 10.3. The van der Waals surface area contributed by atoms with Crippen LogP contribution in [0, 0.1) is 11.3 Å². The zero-order chi connectivity index (χ0) is 23.8. The summed E-state index contributed by atoms with van der Waals surface area (Å²) in [5.41, 5.74) is 6.22. The van der Waals surface area contributed by atoms with Gasteiger partial charge in [-0.1, -0.05) is 33.8 Å². The zero-order valence-corrected chi connectivity index (χ0v) is 20.2. The van der Waals surface area contributed by atoms with Crippen LogP contribution in [0.4, 0.5) is 10.5 Å². The molecule has 0 radical (unpaired) electrons. The summed E-state index contributed by atoms with van der Waals surface area (Å²) in [6.45, 7) is 14.6. The Morgan fingerprint density at radius 1 is 1.16 bits per heavy atom. The maximum atomic E-state index is 12.4. The first kappa shape index (κ1) is 26.8. The normalized spacial score (nSPS) is 13.9. The van der Waals surface area contributed by atoms with E-state index < -0.39 is 11.7 Å². The van der Waals surface area contributed by atoms with Crippen LogP contribution >= 0.6 is 0 Å². The molecule has 0 aliphatic carbocycles. The van der Waals surface area contributed by atoms with Gasteiger partial charge in [-0.05, 0) is 75.6 Å². The molecule has 0 fully saturated rings. The van der Waals surface area contributed by atoms with Crippen LogP contribution < -0.4 is 16.4 Å². The van der Waals surface area contributed by atoms with Crippen molar-refractivity contribution in [2.45, 2.75) is 85.8 Å². The predicted molar refractivity (Wildman–Crippen MR) is 125 cm³/mol. The fraction of sp³-hybridized carbons (Fsp3) is 0.667. The molecule has 1 aromatic rings. The van der Waals surface area contributed by atoms with Crippen LogP contribution in [0.5, 0.6) is 5.75 Å². The number of ether oxygens (including phenoxy) is 1. The molecule has 0 aromatic heterocycles. The van der Waals surface area contributed by atoms with Crippen LogP contribution in [0.2, 0.25) is 0 Å². The number of hydrogen-bond donors (Lipinski definition) is 4. The first-order valence-electron chi connectivity index (χ1n) is 11.0. The van der Waals surface area contributed by atoms with Crippen LogP contribution in [-0.2, 0) is 16.0 Å². The Bertz CT molecular complexity index is 735. The SMILES string of the molecule is CC(C[C@H](Cc1ccc(O)c(NC(=O)CCCN)c1)NC(=O)OC(C)(C)C)C(C)(C)C. The van der Waals surface area contributed by atoms with Gasteiger partial charge in [0.25, 0.3) is 0 Å². The highest BCUT2D eigenvalue weighted by molar-refractivity contribution is 5.92. The molecule has 7 heteroatoms. The highest BCUT2D eigenvalue weighted by atomic mass is 16.6. The Balaban J connectivity index is 3.00. The van der Waals surface area contributed by atoms with Gasteiger partial charge in [0.05, 0.1) is 5.69 Å². The van der Waals surface area contributed by atoms with Crippen molar-refractivity contribution in [2.75, 3.05) is 11.9 Å². The van der Waals surface area contributed by atoms with Crippen LogP contribution in [-0.4, -0.2) is 35.3 Å². The fourth-order valence-electron chi connectivity index (χ4n) is 3.02. The second-order valence-corrected chi connectivity index (χ2v) is 10.3.